The third-order valence-corrected chi connectivity index (χ3v) is 5.56. The van der Waals surface area contributed by atoms with Crippen LogP contribution in [0.5, 0.6) is 11.5 Å². The highest BCUT2D eigenvalue weighted by atomic mass is 32.1. The fraction of sp³-hybridized carbons (Fsp3) is 0.333. The van der Waals surface area contributed by atoms with Crippen molar-refractivity contribution in [2.75, 3.05) is 7.05 Å². The van der Waals surface area contributed by atoms with E-state index in [9.17, 15) is 10.2 Å². The van der Waals surface area contributed by atoms with Gasteiger partial charge in [0.2, 0.25) is 0 Å². The molecular weight excluding hydrogens is 360 g/mol. The van der Waals surface area contributed by atoms with Crippen LogP contribution in [-0.2, 0) is 16.9 Å². The lowest BCUT2D eigenvalue weighted by atomic mass is 9.67. The van der Waals surface area contributed by atoms with Gasteiger partial charge in [-0.05, 0) is 43.0 Å². The molecule has 0 amide bonds. The lowest BCUT2D eigenvalue weighted by molar-refractivity contribution is 0.127. The summed E-state index contributed by atoms with van der Waals surface area (Å²) in [5.74, 6) is 0.166. The summed E-state index contributed by atoms with van der Waals surface area (Å²) in [5.41, 5.74) is 1.56. The number of likely N-dealkylation sites (N-methyl/N-ethyl adjacent to an activating group) is 1. The van der Waals surface area contributed by atoms with E-state index >= 15 is 0 Å². The molecule has 1 aliphatic rings. The minimum Gasteiger partial charge on any atom is -0.508 e. The lowest BCUT2D eigenvalue weighted by Crippen LogP contribution is -2.50. The maximum absolute atomic E-state index is 10.5. The van der Waals surface area contributed by atoms with Crippen LogP contribution in [0.4, 0.5) is 0 Å². The number of phenols is 2. The molecule has 3 rings (SSSR count). The van der Waals surface area contributed by atoms with Crippen molar-refractivity contribution in [2.24, 2.45) is 5.16 Å². The van der Waals surface area contributed by atoms with Crippen LogP contribution in [0, 0.1) is 0 Å². The number of rotatable bonds is 5. The number of hydrogen-bond donors (Lipinski definition) is 3. The quantitative estimate of drug-likeness (QED) is 0.412. The molecule has 0 spiro atoms. The first-order chi connectivity index (χ1) is 13.1. The average Bonchev–Trinajstić information content (AvgIpc) is 2.70. The molecule has 1 saturated carbocycles. The Labute approximate surface area is 164 Å². The van der Waals surface area contributed by atoms with Crippen molar-refractivity contribution < 1.29 is 15.1 Å². The first kappa shape index (κ1) is 19.2. The van der Waals surface area contributed by atoms with Crippen molar-refractivity contribution >= 4 is 22.9 Å². The van der Waals surface area contributed by atoms with Crippen LogP contribution in [-0.4, -0.2) is 28.0 Å². The maximum atomic E-state index is 10.5. The molecule has 2 aromatic rings. The summed E-state index contributed by atoms with van der Waals surface area (Å²) in [6.45, 7) is 0.360. The number of hydrogen-bond acceptors (Lipinski definition) is 5. The standard InChI is InChI=1S/C21H24N2O3S/c1-22-20(27)21(17-13-16(24)10-11-18(17)25)12-6-5-9-19(21)23-26-14-15-7-3-2-4-8-15/h2-4,7-8,10-11,13,24-25H,5-6,9,12,14H2,1H3,(H,22,27). The average molecular weight is 385 g/mol. The topological polar surface area (TPSA) is 74.1 Å². The van der Waals surface area contributed by atoms with Gasteiger partial charge in [0.15, 0.2) is 0 Å². The second kappa shape index (κ2) is 8.39. The van der Waals surface area contributed by atoms with Gasteiger partial charge < -0.3 is 20.4 Å². The van der Waals surface area contributed by atoms with Crippen LogP contribution in [0.15, 0.2) is 53.7 Å². The van der Waals surface area contributed by atoms with E-state index in [1.807, 2.05) is 30.3 Å². The Morgan fingerprint density at radius 1 is 1.19 bits per heavy atom. The molecule has 1 fully saturated rings. The van der Waals surface area contributed by atoms with Crippen molar-refractivity contribution in [1.29, 1.82) is 0 Å². The van der Waals surface area contributed by atoms with E-state index in [-0.39, 0.29) is 11.5 Å². The Bertz CT molecular complexity index is 839. The van der Waals surface area contributed by atoms with E-state index < -0.39 is 5.41 Å². The lowest BCUT2D eigenvalue weighted by Gasteiger charge is -2.39. The summed E-state index contributed by atoms with van der Waals surface area (Å²) in [4.78, 5) is 6.22. The zero-order valence-electron chi connectivity index (χ0n) is 15.3. The Morgan fingerprint density at radius 3 is 2.70 bits per heavy atom. The number of aromatic hydroxyl groups is 2. The highest BCUT2D eigenvalue weighted by molar-refractivity contribution is 7.80. The highest BCUT2D eigenvalue weighted by Gasteiger charge is 2.45. The number of phenolic OH excluding ortho intramolecular Hbond substituents is 2. The largest absolute Gasteiger partial charge is 0.508 e. The van der Waals surface area contributed by atoms with E-state index in [1.165, 1.54) is 12.1 Å². The number of nitrogens with one attached hydrogen (secondary N) is 1. The summed E-state index contributed by atoms with van der Waals surface area (Å²) < 4.78 is 0. The van der Waals surface area contributed by atoms with Crippen molar-refractivity contribution in [3.63, 3.8) is 0 Å². The van der Waals surface area contributed by atoms with Crippen LogP contribution < -0.4 is 5.32 Å². The van der Waals surface area contributed by atoms with Crippen molar-refractivity contribution in [2.45, 2.75) is 37.7 Å². The molecule has 2 aromatic carbocycles. The molecule has 3 N–H and O–H groups in total. The van der Waals surface area contributed by atoms with Gasteiger partial charge in [0.05, 0.1) is 16.1 Å². The molecular formula is C21H24N2O3S. The van der Waals surface area contributed by atoms with Gasteiger partial charge in [-0.3, -0.25) is 0 Å². The van der Waals surface area contributed by atoms with Gasteiger partial charge in [-0.25, -0.2) is 0 Å². The minimum absolute atomic E-state index is 0.0798. The number of oxime groups is 1. The van der Waals surface area contributed by atoms with Crippen LogP contribution in [0.3, 0.4) is 0 Å². The fourth-order valence-electron chi connectivity index (χ4n) is 3.66. The van der Waals surface area contributed by atoms with Gasteiger partial charge in [0, 0.05) is 12.6 Å². The predicted molar refractivity (Wildman–Crippen MR) is 110 cm³/mol. The molecule has 0 saturated heterocycles. The summed E-state index contributed by atoms with van der Waals surface area (Å²) in [5, 5.41) is 28.0. The smallest absolute Gasteiger partial charge is 0.142 e. The second-order valence-electron chi connectivity index (χ2n) is 6.69. The van der Waals surface area contributed by atoms with Crippen LogP contribution >= 0.6 is 12.2 Å². The normalized spacial score (nSPS) is 21.0. The van der Waals surface area contributed by atoms with E-state index in [4.69, 9.17) is 17.1 Å². The third kappa shape index (κ3) is 3.90. The van der Waals surface area contributed by atoms with Gasteiger partial charge in [-0.2, -0.15) is 0 Å². The molecule has 0 radical (unpaired) electrons. The molecule has 6 heteroatoms. The molecule has 27 heavy (non-hydrogen) atoms. The molecule has 142 valence electrons. The molecule has 0 aliphatic heterocycles. The van der Waals surface area contributed by atoms with Gasteiger partial charge >= 0.3 is 0 Å². The molecule has 0 bridgehead atoms. The fourth-order valence-corrected chi connectivity index (χ4v) is 3.99. The SMILES string of the molecule is CNC(=S)C1(c2cc(O)ccc2O)CCCCC1=NOCc1ccccc1. The monoisotopic (exact) mass is 384 g/mol. The summed E-state index contributed by atoms with van der Waals surface area (Å²) in [6.07, 6.45) is 3.32. The molecule has 1 aliphatic carbocycles. The van der Waals surface area contributed by atoms with E-state index in [0.717, 1.165) is 24.1 Å². The van der Waals surface area contributed by atoms with Crippen molar-refractivity contribution in [3.05, 3.63) is 59.7 Å². The predicted octanol–water partition coefficient (Wildman–Crippen LogP) is 4.03. The first-order valence-corrected chi connectivity index (χ1v) is 9.46. The molecule has 5 nitrogen and oxygen atoms in total. The van der Waals surface area contributed by atoms with Crippen LogP contribution in [0.25, 0.3) is 0 Å². The Balaban J connectivity index is 1.99. The Morgan fingerprint density at radius 2 is 1.96 bits per heavy atom. The molecule has 0 heterocycles. The number of nitrogens with zero attached hydrogens (tertiary/aromatic N) is 1. The van der Waals surface area contributed by atoms with E-state index in [1.54, 1.807) is 13.1 Å². The zero-order valence-corrected chi connectivity index (χ0v) is 16.1. The Kier molecular flexibility index (Phi) is 5.96. The third-order valence-electron chi connectivity index (χ3n) is 5.01. The zero-order chi connectivity index (χ0) is 19.3. The van der Waals surface area contributed by atoms with Crippen molar-refractivity contribution in [3.8, 4) is 11.5 Å². The maximum Gasteiger partial charge on any atom is 0.142 e. The van der Waals surface area contributed by atoms with E-state index in [0.29, 0.717) is 30.0 Å². The summed E-state index contributed by atoms with van der Waals surface area (Å²) in [6, 6.07) is 14.3. The van der Waals surface area contributed by atoms with Crippen LogP contribution in [0.2, 0.25) is 0 Å². The number of thiocarbonyl (C=S) groups is 1. The molecule has 1 atom stereocenters. The van der Waals surface area contributed by atoms with Gasteiger partial charge in [-0.15, -0.1) is 0 Å². The van der Waals surface area contributed by atoms with Crippen LogP contribution in [0.1, 0.15) is 36.8 Å². The summed E-state index contributed by atoms with van der Waals surface area (Å²) in [7, 11) is 1.76. The minimum atomic E-state index is -0.790. The second-order valence-corrected chi connectivity index (χ2v) is 7.10. The molecule has 0 aromatic heterocycles. The summed E-state index contributed by atoms with van der Waals surface area (Å²) >= 11 is 5.65. The highest BCUT2D eigenvalue weighted by Crippen LogP contribution is 2.43. The number of benzene rings is 2. The van der Waals surface area contributed by atoms with Gasteiger partial charge in [0.1, 0.15) is 18.1 Å². The van der Waals surface area contributed by atoms with E-state index in [2.05, 4.69) is 10.5 Å². The first-order valence-electron chi connectivity index (χ1n) is 9.06. The Hall–Kier alpha value is -2.60. The van der Waals surface area contributed by atoms with Gasteiger partial charge in [0.25, 0.3) is 0 Å². The van der Waals surface area contributed by atoms with Gasteiger partial charge in [-0.1, -0.05) is 54.1 Å². The van der Waals surface area contributed by atoms with Crippen molar-refractivity contribution in [1.82, 2.24) is 5.32 Å². The molecule has 1 unspecified atom stereocenters.